The van der Waals surface area contributed by atoms with Crippen molar-refractivity contribution >= 4 is 5.69 Å². The van der Waals surface area contributed by atoms with Crippen molar-refractivity contribution in [2.45, 2.75) is 6.54 Å². The summed E-state index contributed by atoms with van der Waals surface area (Å²) in [6.07, 6.45) is 4.11. The minimum absolute atomic E-state index is 0. The van der Waals surface area contributed by atoms with Crippen LogP contribution in [-0.4, -0.2) is 35.4 Å². The van der Waals surface area contributed by atoms with Crippen LogP contribution in [0.3, 0.4) is 0 Å². The first-order valence-corrected chi connectivity index (χ1v) is 7.04. The van der Waals surface area contributed by atoms with E-state index in [2.05, 4.69) is 34.0 Å². The van der Waals surface area contributed by atoms with Crippen LogP contribution in [-0.2, 0) is 6.54 Å². The topological polar surface area (TPSA) is 34.8 Å². The number of hydrogen-bond acceptors (Lipinski definition) is 4. The number of ether oxygens (including phenoxy) is 3. The zero-order valence-corrected chi connectivity index (χ0v) is 15.8. The van der Waals surface area contributed by atoms with Crippen molar-refractivity contribution in [1.29, 1.82) is 0 Å². The van der Waals surface area contributed by atoms with Crippen molar-refractivity contribution in [3.05, 3.63) is 42.2 Å². The SMILES string of the molecule is COc1cc(C[n+]2ccc(N(C)C)cc2)cc(OC)c1OC.[Br-]. The second kappa shape index (κ2) is 8.62. The molecule has 1 aromatic carbocycles. The van der Waals surface area contributed by atoms with Crippen molar-refractivity contribution in [1.82, 2.24) is 0 Å². The van der Waals surface area contributed by atoms with Gasteiger partial charge in [-0.25, -0.2) is 4.57 Å². The van der Waals surface area contributed by atoms with E-state index in [1.807, 2.05) is 26.2 Å². The van der Waals surface area contributed by atoms with Gasteiger partial charge in [-0.3, -0.25) is 0 Å². The summed E-state index contributed by atoms with van der Waals surface area (Å²) in [6.45, 7) is 0.727. The lowest BCUT2D eigenvalue weighted by Gasteiger charge is -2.13. The van der Waals surface area contributed by atoms with Gasteiger partial charge in [0.15, 0.2) is 30.4 Å². The highest BCUT2D eigenvalue weighted by Gasteiger charge is 2.15. The van der Waals surface area contributed by atoms with Crippen LogP contribution in [0.1, 0.15) is 5.56 Å². The van der Waals surface area contributed by atoms with Gasteiger partial charge in [-0.2, -0.15) is 0 Å². The molecule has 0 radical (unpaired) electrons. The van der Waals surface area contributed by atoms with Crippen molar-refractivity contribution in [3.63, 3.8) is 0 Å². The van der Waals surface area contributed by atoms with E-state index >= 15 is 0 Å². The average Bonchev–Trinajstić information content (AvgIpc) is 2.54. The fraction of sp³-hybridized carbons (Fsp3) is 0.353. The van der Waals surface area contributed by atoms with Crippen molar-refractivity contribution in [2.75, 3.05) is 40.3 Å². The number of benzene rings is 1. The largest absolute Gasteiger partial charge is 1.00 e. The highest BCUT2D eigenvalue weighted by Crippen LogP contribution is 2.38. The summed E-state index contributed by atoms with van der Waals surface area (Å²) in [6, 6.07) is 8.10. The summed E-state index contributed by atoms with van der Waals surface area (Å²) in [4.78, 5) is 2.07. The molecule has 0 aliphatic carbocycles. The van der Waals surface area contributed by atoms with Crippen molar-refractivity contribution in [2.24, 2.45) is 0 Å². The molecule has 2 aromatic rings. The molecule has 0 unspecified atom stereocenters. The summed E-state index contributed by atoms with van der Waals surface area (Å²) in [7, 11) is 8.91. The summed E-state index contributed by atoms with van der Waals surface area (Å²) in [5, 5.41) is 0. The van der Waals surface area contributed by atoms with Crippen LogP contribution in [0.15, 0.2) is 36.7 Å². The van der Waals surface area contributed by atoms with Gasteiger partial charge in [-0.05, 0) is 12.1 Å². The van der Waals surface area contributed by atoms with E-state index in [0.717, 1.165) is 12.1 Å². The molecule has 0 bridgehead atoms. The summed E-state index contributed by atoms with van der Waals surface area (Å²) in [5.41, 5.74) is 2.25. The molecule has 0 saturated heterocycles. The third-order valence-electron chi connectivity index (χ3n) is 3.48. The molecule has 0 spiro atoms. The first-order chi connectivity index (χ1) is 10.6. The quantitative estimate of drug-likeness (QED) is 0.607. The van der Waals surface area contributed by atoms with Gasteiger partial charge in [0, 0.05) is 37.5 Å². The maximum absolute atomic E-state index is 5.39. The van der Waals surface area contributed by atoms with E-state index in [4.69, 9.17) is 14.2 Å². The fourth-order valence-electron chi connectivity index (χ4n) is 2.29. The number of rotatable bonds is 6. The number of aromatic nitrogens is 1. The Morgan fingerprint density at radius 2 is 1.43 bits per heavy atom. The average molecular weight is 383 g/mol. The molecule has 0 aliphatic heterocycles. The predicted octanol–water partition coefficient (Wildman–Crippen LogP) is -0.882. The number of pyridine rings is 1. The summed E-state index contributed by atoms with van der Waals surface area (Å²) < 4.78 is 18.2. The third kappa shape index (κ3) is 4.51. The van der Waals surface area contributed by atoms with E-state index in [1.54, 1.807) is 21.3 Å². The van der Waals surface area contributed by atoms with Gasteiger partial charge in [-0.1, -0.05) is 0 Å². The summed E-state index contributed by atoms with van der Waals surface area (Å²) in [5.74, 6) is 1.95. The fourth-order valence-corrected chi connectivity index (χ4v) is 2.29. The smallest absolute Gasteiger partial charge is 0.203 e. The second-order valence-electron chi connectivity index (χ2n) is 5.16. The molecule has 0 saturated carbocycles. The van der Waals surface area contributed by atoms with Crippen LogP contribution >= 0.6 is 0 Å². The molecule has 2 rings (SSSR count). The van der Waals surface area contributed by atoms with Crippen LogP contribution in [0.2, 0.25) is 0 Å². The molecule has 0 amide bonds. The van der Waals surface area contributed by atoms with Crippen LogP contribution in [0.5, 0.6) is 17.2 Å². The Labute approximate surface area is 148 Å². The predicted molar refractivity (Wildman–Crippen MR) is 86.2 cm³/mol. The Hall–Kier alpha value is -1.95. The molecule has 0 aliphatic rings. The summed E-state index contributed by atoms with van der Waals surface area (Å²) >= 11 is 0. The molecule has 0 N–H and O–H groups in total. The van der Waals surface area contributed by atoms with Gasteiger partial charge in [0.05, 0.1) is 21.3 Å². The van der Waals surface area contributed by atoms with E-state index in [-0.39, 0.29) is 17.0 Å². The number of halogens is 1. The van der Waals surface area contributed by atoms with Gasteiger partial charge < -0.3 is 36.1 Å². The van der Waals surface area contributed by atoms with Gasteiger partial charge in [-0.15, -0.1) is 0 Å². The lowest BCUT2D eigenvalue weighted by Crippen LogP contribution is -3.00. The molecule has 6 heteroatoms. The van der Waals surface area contributed by atoms with Crippen LogP contribution in [0.25, 0.3) is 0 Å². The molecule has 1 heterocycles. The molecule has 1 aromatic heterocycles. The Balaban J connectivity index is 0.00000264. The highest BCUT2D eigenvalue weighted by molar-refractivity contribution is 5.53. The second-order valence-corrected chi connectivity index (χ2v) is 5.16. The molecular formula is C17H23BrN2O3. The first-order valence-electron chi connectivity index (χ1n) is 7.04. The zero-order chi connectivity index (χ0) is 16.1. The number of hydrogen-bond donors (Lipinski definition) is 0. The first kappa shape index (κ1) is 19.1. The minimum Gasteiger partial charge on any atom is -1.00 e. The molecule has 126 valence electrons. The van der Waals surface area contributed by atoms with Crippen LogP contribution in [0, 0.1) is 0 Å². The Kier molecular flexibility index (Phi) is 7.16. The van der Waals surface area contributed by atoms with Crippen LogP contribution in [0.4, 0.5) is 5.69 Å². The molecule has 5 nitrogen and oxygen atoms in total. The maximum atomic E-state index is 5.39. The van der Waals surface area contributed by atoms with Gasteiger partial charge >= 0.3 is 0 Å². The highest BCUT2D eigenvalue weighted by atomic mass is 79.9. The Bertz CT molecular complexity index is 605. The van der Waals surface area contributed by atoms with Gasteiger partial charge in [0.1, 0.15) is 0 Å². The lowest BCUT2D eigenvalue weighted by molar-refractivity contribution is -0.688. The molecule has 0 atom stereocenters. The van der Waals surface area contributed by atoms with E-state index in [9.17, 15) is 0 Å². The molecule has 23 heavy (non-hydrogen) atoms. The van der Waals surface area contributed by atoms with E-state index < -0.39 is 0 Å². The zero-order valence-electron chi connectivity index (χ0n) is 14.2. The van der Waals surface area contributed by atoms with Gasteiger partial charge in [0.2, 0.25) is 5.75 Å². The minimum atomic E-state index is 0. The number of anilines is 1. The van der Waals surface area contributed by atoms with Crippen molar-refractivity contribution < 1.29 is 35.8 Å². The number of nitrogens with zero attached hydrogens (tertiary/aromatic N) is 2. The van der Waals surface area contributed by atoms with Crippen molar-refractivity contribution in [3.8, 4) is 17.2 Å². The number of methoxy groups -OCH3 is 3. The maximum Gasteiger partial charge on any atom is 0.203 e. The van der Waals surface area contributed by atoms with E-state index in [0.29, 0.717) is 17.2 Å². The Morgan fingerprint density at radius 1 is 0.913 bits per heavy atom. The monoisotopic (exact) mass is 382 g/mol. The standard InChI is InChI=1S/C17H23N2O3.BrH/c1-18(2)14-6-8-19(9-7-14)12-13-10-15(20-3)17(22-5)16(11-13)21-4;/h6-11H,12H2,1-5H3;1H/q+1;/p-1. The van der Waals surface area contributed by atoms with Gasteiger partial charge in [0.25, 0.3) is 0 Å². The van der Waals surface area contributed by atoms with E-state index in [1.165, 1.54) is 5.69 Å². The lowest BCUT2D eigenvalue weighted by atomic mass is 10.1. The molecular weight excluding hydrogens is 360 g/mol. The third-order valence-corrected chi connectivity index (χ3v) is 3.48. The van der Waals surface area contributed by atoms with Crippen LogP contribution < -0.4 is 40.7 Å². The normalized spacial score (nSPS) is 9.78. The molecule has 0 fully saturated rings. The Morgan fingerprint density at radius 3 is 1.83 bits per heavy atom.